The Morgan fingerprint density at radius 1 is 1.39 bits per heavy atom. The van der Waals surface area contributed by atoms with Crippen molar-refractivity contribution in [3.63, 3.8) is 0 Å². The summed E-state index contributed by atoms with van der Waals surface area (Å²) in [4.78, 5) is 25.8. The maximum absolute atomic E-state index is 12.0. The lowest BCUT2D eigenvalue weighted by atomic mass is 9.85. The average Bonchev–Trinajstić information content (AvgIpc) is 2.48. The zero-order chi connectivity index (χ0) is 16.8. The van der Waals surface area contributed by atoms with Crippen LogP contribution < -0.4 is 10.6 Å². The Balaban J connectivity index is 1.76. The fourth-order valence-corrected chi connectivity index (χ4v) is 3.19. The van der Waals surface area contributed by atoms with Crippen molar-refractivity contribution in [1.82, 2.24) is 10.2 Å². The van der Waals surface area contributed by atoms with E-state index in [0.29, 0.717) is 6.54 Å². The summed E-state index contributed by atoms with van der Waals surface area (Å²) >= 11 is 1.63. The van der Waals surface area contributed by atoms with Crippen LogP contribution in [-0.2, 0) is 4.79 Å². The normalized spacial score (nSPS) is 20.0. The number of carbonyl (C=O) groups is 2. The lowest BCUT2D eigenvalue weighted by Crippen LogP contribution is -2.55. The van der Waals surface area contributed by atoms with Gasteiger partial charge >= 0.3 is 12.0 Å². The number of benzene rings is 1. The van der Waals surface area contributed by atoms with Crippen molar-refractivity contribution in [2.45, 2.75) is 36.7 Å². The third-order valence-electron chi connectivity index (χ3n) is 4.04. The van der Waals surface area contributed by atoms with Crippen LogP contribution in [0.3, 0.4) is 0 Å². The number of nitrogens with one attached hydrogen (secondary N) is 2. The first-order chi connectivity index (χ1) is 11.0. The number of aliphatic carboxylic acids is 1. The van der Waals surface area contributed by atoms with Gasteiger partial charge in [-0.1, -0.05) is 13.0 Å². The number of anilines is 1. The number of hydrogen-bond donors (Lipinski definition) is 3. The second-order valence-electron chi connectivity index (χ2n) is 5.61. The molecule has 1 aromatic rings. The fraction of sp³-hybridized carbons (Fsp3) is 0.500. The highest BCUT2D eigenvalue weighted by Gasteiger charge is 2.34. The number of urea groups is 1. The molecule has 0 spiro atoms. The number of carboxylic acid groups (broad SMARTS) is 1. The molecule has 0 unspecified atom stereocenters. The third kappa shape index (κ3) is 5.14. The highest BCUT2D eigenvalue weighted by Crippen LogP contribution is 2.26. The molecule has 126 valence electrons. The Kier molecular flexibility index (Phi) is 6.29. The quantitative estimate of drug-likeness (QED) is 0.666. The van der Waals surface area contributed by atoms with E-state index in [0.717, 1.165) is 23.4 Å². The molecular formula is C16H23N3O3S. The number of nitrogens with zero attached hydrogens (tertiary/aromatic N) is 1. The van der Waals surface area contributed by atoms with Gasteiger partial charge in [-0.2, -0.15) is 0 Å². The summed E-state index contributed by atoms with van der Waals surface area (Å²) in [6.45, 7) is 2.72. The highest BCUT2D eigenvalue weighted by molar-refractivity contribution is 7.98. The maximum atomic E-state index is 12.0. The van der Waals surface area contributed by atoms with Crippen molar-refractivity contribution in [3.8, 4) is 0 Å². The zero-order valence-corrected chi connectivity index (χ0v) is 14.2. The van der Waals surface area contributed by atoms with Gasteiger partial charge in [-0.25, -0.2) is 4.79 Å². The third-order valence-corrected chi connectivity index (χ3v) is 4.76. The van der Waals surface area contributed by atoms with Gasteiger partial charge in [0, 0.05) is 22.7 Å². The van der Waals surface area contributed by atoms with E-state index < -0.39 is 5.97 Å². The maximum Gasteiger partial charge on any atom is 0.319 e. The molecule has 0 radical (unpaired) electrons. The molecule has 1 saturated carbocycles. The molecule has 1 fully saturated rings. The largest absolute Gasteiger partial charge is 0.480 e. The Hall–Kier alpha value is -1.73. The molecule has 6 nitrogen and oxygen atoms in total. The molecule has 3 N–H and O–H groups in total. The van der Waals surface area contributed by atoms with Crippen molar-refractivity contribution >= 4 is 29.4 Å². The van der Waals surface area contributed by atoms with Gasteiger partial charge in [0.2, 0.25) is 0 Å². The molecule has 0 saturated heterocycles. The Bertz CT molecular complexity index is 561. The number of rotatable bonds is 7. The van der Waals surface area contributed by atoms with Gasteiger partial charge in [-0.15, -0.1) is 11.8 Å². The molecule has 0 bridgehead atoms. The minimum Gasteiger partial charge on any atom is -0.480 e. The smallest absolute Gasteiger partial charge is 0.319 e. The van der Waals surface area contributed by atoms with Gasteiger partial charge < -0.3 is 15.7 Å². The van der Waals surface area contributed by atoms with Gasteiger partial charge in [0.1, 0.15) is 0 Å². The number of hydrogen-bond acceptors (Lipinski definition) is 4. The standard InChI is InChI=1S/C16H23N3O3S/c1-3-19(10-15(20)21)13-7-12(8-13)18-16(22)17-11-5-4-6-14(9-11)23-2/h4-6,9,12-13H,3,7-8,10H2,1-2H3,(H,20,21)(H2,17,18,22). The molecule has 1 aliphatic rings. The van der Waals surface area contributed by atoms with E-state index in [9.17, 15) is 9.59 Å². The molecule has 0 atom stereocenters. The van der Waals surface area contributed by atoms with Crippen molar-refractivity contribution < 1.29 is 14.7 Å². The predicted molar refractivity (Wildman–Crippen MR) is 92.1 cm³/mol. The Morgan fingerprint density at radius 3 is 2.74 bits per heavy atom. The van der Waals surface area contributed by atoms with Gasteiger partial charge in [0.15, 0.2) is 0 Å². The molecule has 1 aliphatic carbocycles. The van der Waals surface area contributed by atoms with Crippen LogP contribution in [0, 0.1) is 0 Å². The van der Waals surface area contributed by atoms with Crippen LogP contribution in [0.2, 0.25) is 0 Å². The molecule has 7 heteroatoms. The van der Waals surface area contributed by atoms with Crippen LogP contribution in [0.1, 0.15) is 19.8 Å². The highest BCUT2D eigenvalue weighted by atomic mass is 32.2. The first-order valence-corrected chi connectivity index (χ1v) is 8.91. The summed E-state index contributed by atoms with van der Waals surface area (Å²) in [6.07, 6.45) is 3.57. The van der Waals surface area contributed by atoms with Gasteiger partial charge in [0.25, 0.3) is 0 Å². The van der Waals surface area contributed by atoms with Crippen molar-refractivity contribution in [3.05, 3.63) is 24.3 Å². The van der Waals surface area contributed by atoms with Crippen LogP contribution in [0.15, 0.2) is 29.2 Å². The lowest BCUT2D eigenvalue weighted by Gasteiger charge is -2.42. The monoisotopic (exact) mass is 337 g/mol. The van der Waals surface area contributed by atoms with Crippen LogP contribution in [0.4, 0.5) is 10.5 Å². The molecule has 0 aromatic heterocycles. The zero-order valence-electron chi connectivity index (χ0n) is 13.4. The van der Waals surface area contributed by atoms with E-state index >= 15 is 0 Å². The molecule has 0 aliphatic heterocycles. The molecule has 2 amide bonds. The minimum atomic E-state index is -0.810. The number of amides is 2. The van der Waals surface area contributed by atoms with E-state index in [2.05, 4.69) is 10.6 Å². The van der Waals surface area contributed by atoms with Gasteiger partial charge in [-0.3, -0.25) is 9.69 Å². The topological polar surface area (TPSA) is 81.7 Å². The number of thioether (sulfide) groups is 1. The average molecular weight is 337 g/mol. The van der Waals surface area contributed by atoms with E-state index in [1.54, 1.807) is 11.8 Å². The minimum absolute atomic E-state index is 0.0571. The van der Waals surface area contributed by atoms with Gasteiger partial charge in [-0.05, 0) is 43.8 Å². The summed E-state index contributed by atoms with van der Waals surface area (Å²) in [6, 6.07) is 7.81. The summed E-state index contributed by atoms with van der Waals surface area (Å²) in [5, 5.41) is 14.6. The van der Waals surface area contributed by atoms with E-state index in [1.165, 1.54) is 0 Å². The molecular weight excluding hydrogens is 314 g/mol. The first kappa shape index (κ1) is 17.6. The number of carbonyl (C=O) groups excluding carboxylic acids is 1. The van der Waals surface area contributed by atoms with E-state index in [-0.39, 0.29) is 24.7 Å². The second kappa shape index (κ2) is 8.21. The van der Waals surface area contributed by atoms with Crippen molar-refractivity contribution in [2.75, 3.05) is 24.7 Å². The summed E-state index contributed by atoms with van der Waals surface area (Å²) < 4.78 is 0. The molecule has 23 heavy (non-hydrogen) atoms. The molecule has 2 rings (SSSR count). The summed E-state index contributed by atoms with van der Waals surface area (Å²) in [5.41, 5.74) is 0.770. The predicted octanol–water partition coefficient (Wildman–Crippen LogP) is 2.47. The summed E-state index contributed by atoms with van der Waals surface area (Å²) in [5.74, 6) is -0.810. The first-order valence-electron chi connectivity index (χ1n) is 7.69. The SMILES string of the molecule is CCN(CC(=O)O)C1CC(NC(=O)Nc2cccc(SC)c2)C1. The Morgan fingerprint density at radius 2 is 2.13 bits per heavy atom. The van der Waals surface area contributed by atoms with Crippen LogP contribution in [-0.4, -0.2) is 53.4 Å². The second-order valence-corrected chi connectivity index (χ2v) is 6.49. The fourth-order valence-electron chi connectivity index (χ4n) is 2.73. The van der Waals surface area contributed by atoms with Crippen molar-refractivity contribution in [1.29, 1.82) is 0 Å². The van der Waals surface area contributed by atoms with Crippen LogP contribution >= 0.6 is 11.8 Å². The molecule has 0 heterocycles. The number of carboxylic acids is 1. The number of likely N-dealkylation sites (N-methyl/N-ethyl adjacent to an activating group) is 1. The van der Waals surface area contributed by atoms with Gasteiger partial charge in [0.05, 0.1) is 6.54 Å². The molecule has 1 aromatic carbocycles. The van der Waals surface area contributed by atoms with Crippen LogP contribution in [0.5, 0.6) is 0 Å². The van der Waals surface area contributed by atoms with Crippen molar-refractivity contribution in [2.24, 2.45) is 0 Å². The lowest BCUT2D eigenvalue weighted by molar-refractivity contribution is -0.139. The summed E-state index contributed by atoms with van der Waals surface area (Å²) in [7, 11) is 0. The van der Waals surface area contributed by atoms with Crippen LogP contribution in [0.25, 0.3) is 0 Å². The van der Waals surface area contributed by atoms with E-state index in [1.807, 2.05) is 42.3 Å². The Labute approximate surface area is 140 Å². The van der Waals surface area contributed by atoms with E-state index in [4.69, 9.17) is 5.11 Å².